The van der Waals surface area contributed by atoms with Gasteiger partial charge in [-0.3, -0.25) is 0 Å². The van der Waals surface area contributed by atoms with Gasteiger partial charge in [-0.15, -0.1) is 10.2 Å². The second-order valence-electron chi connectivity index (χ2n) is 3.56. The van der Waals surface area contributed by atoms with E-state index in [1.54, 1.807) is 23.1 Å². The highest BCUT2D eigenvalue weighted by Gasteiger charge is 2.03. The van der Waals surface area contributed by atoms with Crippen molar-refractivity contribution in [3.05, 3.63) is 28.7 Å². The molecule has 0 saturated heterocycles. The minimum atomic E-state index is 0.650. The number of hydrogen-bond donors (Lipinski definition) is 1. The van der Waals surface area contributed by atoms with Crippen LogP contribution in [0.1, 0.15) is 6.92 Å². The minimum Gasteiger partial charge on any atom is -0.493 e. The molecule has 2 aromatic rings. The van der Waals surface area contributed by atoms with Crippen LogP contribution in [0, 0.1) is 0 Å². The number of hydrogen-bond acceptors (Lipinski definition) is 6. The largest absolute Gasteiger partial charge is 0.493 e. The van der Waals surface area contributed by atoms with Crippen LogP contribution in [0.15, 0.2) is 33.1 Å². The Morgan fingerprint density at radius 1 is 1.42 bits per heavy atom. The molecule has 0 aliphatic heterocycles. The lowest BCUT2D eigenvalue weighted by atomic mass is 10.3. The summed E-state index contributed by atoms with van der Waals surface area (Å²) in [4.78, 5) is 0. The zero-order chi connectivity index (χ0) is 13.5. The average molecular weight is 360 g/mol. The van der Waals surface area contributed by atoms with Crippen molar-refractivity contribution in [3.63, 3.8) is 0 Å². The van der Waals surface area contributed by atoms with E-state index in [1.165, 1.54) is 0 Å². The fourth-order valence-corrected chi connectivity index (χ4v) is 3.42. The molecule has 0 aliphatic rings. The molecule has 0 aliphatic carbocycles. The Morgan fingerprint density at radius 2 is 2.32 bits per heavy atom. The van der Waals surface area contributed by atoms with Crippen molar-refractivity contribution >= 4 is 44.2 Å². The maximum Gasteiger partial charge on any atom is 0.206 e. The van der Waals surface area contributed by atoms with Gasteiger partial charge in [0.2, 0.25) is 5.13 Å². The van der Waals surface area contributed by atoms with Crippen LogP contribution in [0.2, 0.25) is 0 Å². The monoisotopic (exact) mass is 359 g/mol. The fraction of sp³-hybridized carbons (Fsp3) is 0.333. The molecular formula is C12H14BrN3OS2. The van der Waals surface area contributed by atoms with Crippen LogP contribution in [0.3, 0.4) is 0 Å². The summed E-state index contributed by atoms with van der Waals surface area (Å²) in [7, 11) is 0. The maximum atomic E-state index is 5.65. The lowest BCUT2D eigenvalue weighted by molar-refractivity contribution is 0.344. The third-order valence-corrected chi connectivity index (χ3v) is 4.58. The van der Waals surface area contributed by atoms with E-state index in [0.29, 0.717) is 6.61 Å². The molecule has 0 fully saturated rings. The highest BCUT2D eigenvalue weighted by atomic mass is 79.9. The van der Waals surface area contributed by atoms with E-state index in [1.807, 2.05) is 31.2 Å². The van der Waals surface area contributed by atoms with Gasteiger partial charge in [0, 0.05) is 16.8 Å². The maximum absolute atomic E-state index is 5.65. The fourth-order valence-electron chi connectivity index (χ4n) is 1.34. The van der Waals surface area contributed by atoms with E-state index in [-0.39, 0.29) is 0 Å². The van der Waals surface area contributed by atoms with Crippen molar-refractivity contribution in [1.82, 2.24) is 10.2 Å². The standard InChI is InChI=1S/C12H14BrN3OS2/c1-2-14-11-15-16-12(19-11)18-7-6-17-10-5-3-4-9(13)8-10/h3-5,8H,2,6-7H2,1H3,(H,14,15). The van der Waals surface area contributed by atoms with Crippen LogP contribution in [-0.2, 0) is 0 Å². The van der Waals surface area contributed by atoms with E-state index in [0.717, 1.165) is 32.0 Å². The average Bonchev–Trinajstić information content (AvgIpc) is 2.83. The SMILES string of the molecule is CCNc1nnc(SCCOc2cccc(Br)c2)s1. The quantitative estimate of drug-likeness (QED) is 0.599. The Kier molecular flexibility index (Phi) is 5.93. The number of benzene rings is 1. The zero-order valence-corrected chi connectivity index (χ0v) is 13.6. The third-order valence-electron chi connectivity index (χ3n) is 2.11. The van der Waals surface area contributed by atoms with Crippen molar-refractivity contribution in [2.24, 2.45) is 0 Å². The van der Waals surface area contributed by atoms with Gasteiger partial charge >= 0.3 is 0 Å². The molecule has 1 heterocycles. The van der Waals surface area contributed by atoms with Crippen LogP contribution in [0.25, 0.3) is 0 Å². The third kappa shape index (κ3) is 5.00. The predicted octanol–water partition coefficient (Wildman–Crippen LogP) is 3.90. The molecule has 0 radical (unpaired) electrons. The molecule has 0 spiro atoms. The van der Waals surface area contributed by atoms with Crippen LogP contribution < -0.4 is 10.1 Å². The Morgan fingerprint density at radius 3 is 3.11 bits per heavy atom. The molecule has 19 heavy (non-hydrogen) atoms. The number of ether oxygens (including phenoxy) is 1. The Hall–Kier alpha value is -0.790. The molecule has 1 aromatic heterocycles. The van der Waals surface area contributed by atoms with Crippen molar-refractivity contribution < 1.29 is 4.74 Å². The van der Waals surface area contributed by atoms with Crippen LogP contribution >= 0.6 is 39.0 Å². The number of thioether (sulfide) groups is 1. The molecule has 102 valence electrons. The van der Waals surface area contributed by atoms with E-state index in [2.05, 4.69) is 31.4 Å². The first kappa shape index (κ1) is 14.6. The number of nitrogens with zero attached hydrogens (tertiary/aromatic N) is 2. The van der Waals surface area contributed by atoms with Gasteiger partial charge in [0.05, 0.1) is 6.61 Å². The Labute approximate surface area is 129 Å². The summed E-state index contributed by atoms with van der Waals surface area (Å²) in [6.45, 7) is 3.56. The van der Waals surface area contributed by atoms with Gasteiger partial charge in [-0.1, -0.05) is 45.1 Å². The molecular weight excluding hydrogens is 346 g/mol. The van der Waals surface area contributed by atoms with Crippen LogP contribution in [0.4, 0.5) is 5.13 Å². The number of rotatable bonds is 7. The predicted molar refractivity (Wildman–Crippen MR) is 84.4 cm³/mol. The minimum absolute atomic E-state index is 0.650. The molecule has 0 atom stereocenters. The summed E-state index contributed by atoms with van der Waals surface area (Å²) >= 11 is 6.65. The van der Waals surface area contributed by atoms with Crippen LogP contribution in [-0.4, -0.2) is 29.1 Å². The number of nitrogens with one attached hydrogen (secondary N) is 1. The van der Waals surface area contributed by atoms with E-state index >= 15 is 0 Å². The number of anilines is 1. The van der Waals surface area contributed by atoms with E-state index in [4.69, 9.17) is 4.74 Å². The molecule has 4 nitrogen and oxygen atoms in total. The normalized spacial score (nSPS) is 10.4. The highest BCUT2D eigenvalue weighted by Crippen LogP contribution is 2.25. The molecule has 0 saturated carbocycles. The lowest BCUT2D eigenvalue weighted by Gasteiger charge is -2.04. The van der Waals surface area contributed by atoms with Crippen molar-refractivity contribution in [2.75, 3.05) is 24.2 Å². The molecule has 0 bridgehead atoms. The summed E-state index contributed by atoms with van der Waals surface area (Å²) in [5, 5.41) is 12.2. The second-order valence-corrected chi connectivity index (χ2v) is 6.79. The van der Waals surface area contributed by atoms with Gasteiger partial charge in [-0.25, -0.2) is 0 Å². The second kappa shape index (κ2) is 7.72. The van der Waals surface area contributed by atoms with Crippen molar-refractivity contribution in [2.45, 2.75) is 11.3 Å². The van der Waals surface area contributed by atoms with Gasteiger partial charge in [0.25, 0.3) is 0 Å². The summed E-state index contributed by atoms with van der Waals surface area (Å²) in [6, 6.07) is 7.84. The molecule has 7 heteroatoms. The molecule has 1 N–H and O–H groups in total. The first-order valence-corrected chi connectivity index (χ1v) is 8.46. The smallest absolute Gasteiger partial charge is 0.206 e. The van der Waals surface area contributed by atoms with Gasteiger partial charge in [0.1, 0.15) is 5.75 Å². The number of aromatic nitrogens is 2. The summed E-state index contributed by atoms with van der Waals surface area (Å²) in [5.74, 6) is 1.73. The van der Waals surface area contributed by atoms with Crippen LogP contribution in [0.5, 0.6) is 5.75 Å². The first-order chi connectivity index (χ1) is 9.28. The topological polar surface area (TPSA) is 47.0 Å². The molecule has 0 amide bonds. The molecule has 1 aromatic carbocycles. The van der Waals surface area contributed by atoms with Gasteiger partial charge in [0.15, 0.2) is 4.34 Å². The van der Waals surface area contributed by atoms with Crippen molar-refractivity contribution in [3.8, 4) is 5.75 Å². The molecule has 0 unspecified atom stereocenters. The first-order valence-electron chi connectivity index (χ1n) is 5.86. The number of halogens is 1. The van der Waals surface area contributed by atoms with Crippen molar-refractivity contribution in [1.29, 1.82) is 0 Å². The Bertz CT molecular complexity index is 521. The van der Waals surface area contributed by atoms with Gasteiger partial charge < -0.3 is 10.1 Å². The Balaban J connectivity index is 1.71. The van der Waals surface area contributed by atoms with Gasteiger partial charge in [-0.2, -0.15) is 0 Å². The summed E-state index contributed by atoms with van der Waals surface area (Å²) in [6.07, 6.45) is 0. The van der Waals surface area contributed by atoms with E-state index in [9.17, 15) is 0 Å². The van der Waals surface area contributed by atoms with E-state index < -0.39 is 0 Å². The summed E-state index contributed by atoms with van der Waals surface area (Å²) in [5.41, 5.74) is 0. The molecule has 2 rings (SSSR count). The van der Waals surface area contributed by atoms with Gasteiger partial charge in [-0.05, 0) is 25.1 Å². The lowest BCUT2D eigenvalue weighted by Crippen LogP contribution is -1.99. The summed E-state index contributed by atoms with van der Waals surface area (Å²) < 4.78 is 7.64. The zero-order valence-electron chi connectivity index (χ0n) is 10.4. The highest BCUT2D eigenvalue weighted by molar-refractivity contribution is 9.10.